The zero-order valence-corrected chi connectivity index (χ0v) is 13.3. The van der Waals surface area contributed by atoms with Crippen LogP contribution in [0.1, 0.15) is 31.7 Å². The quantitative estimate of drug-likeness (QED) is 0.638. The van der Waals surface area contributed by atoms with Crippen LogP contribution in [0.15, 0.2) is 4.90 Å². The molecule has 0 radical (unpaired) electrons. The van der Waals surface area contributed by atoms with Crippen LogP contribution in [0.5, 0.6) is 0 Å². The molecule has 0 spiro atoms. The summed E-state index contributed by atoms with van der Waals surface area (Å²) in [6, 6.07) is 0.406. The molecule has 7 nitrogen and oxygen atoms in total. The zero-order valence-electron chi connectivity index (χ0n) is 12.5. The van der Waals surface area contributed by atoms with E-state index in [1.54, 1.807) is 6.92 Å². The molecule has 1 unspecified atom stereocenters. The number of aryl methyl sites for hydroxylation is 1. The van der Waals surface area contributed by atoms with E-state index in [0.717, 1.165) is 6.42 Å². The average molecular weight is 304 g/mol. The van der Waals surface area contributed by atoms with E-state index in [1.165, 1.54) is 0 Å². The maximum absolute atomic E-state index is 12.2. The number of likely N-dealkylation sites (N-methyl/N-ethyl adjacent to an activating group) is 1. The SMILES string of the molecule is CCC(C)N(C)CCNS(=O)(=O)c1c(CO)n[nH]c1C. The van der Waals surface area contributed by atoms with Crippen LogP contribution in [-0.4, -0.2) is 54.8 Å². The van der Waals surface area contributed by atoms with Gasteiger partial charge in [0.05, 0.1) is 12.3 Å². The van der Waals surface area contributed by atoms with Crippen molar-refractivity contribution in [1.82, 2.24) is 19.8 Å². The number of aromatic nitrogens is 2. The molecule has 0 aliphatic carbocycles. The fourth-order valence-electron chi connectivity index (χ4n) is 1.89. The minimum absolute atomic E-state index is 0.0474. The summed E-state index contributed by atoms with van der Waals surface area (Å²) < 4.78 is 27.0. The zero-order chi connectivity index (χ0) is 15.3. The average Bonchev–Trinajstić information content (AvgIpc) is 2.79. The molecule has 0 aromatic carbocycles. The van der Waals surface area contributed by atoms with Crippen LogP contribution in [-0.2, 0) is 16.6 Å². The van der Waals surface area contributed by atoms with Gasteiger partial charge in [0.1, 0.15) is 10.6 Å². The van der Waals surface area contributed by atoms with Crippen LogP contribution < -0.4 is 4.72 Å². The number of hydrogen-bond acceptors (Lipinski definition) is 5. The van der Waals surface area contributed by atoms with Gasteiger partial charge in [-0.15, -0.1) is 0 Å². The second-order valence-corrected chi connectivity index (χ2v) is 6.62. The van der Waals surface area contributed by atoms with Crippen molar-refractivity contribution < 1.29 is 13.5 Å². The first kappa shape index (κ1) is 17.1. The monoisotopic (exact) mass is 304 g/mol. The van der Waals surface area contributed by atoms with Crippen molar-refractivity contribution in [3.63, 3.8) is 0 Å². The van der Waals surface area contributed by atoms with Gasteiger partial charge < -0.3 is 10.0 Å². The third kappa shape index (κ3) is 4.02. The first-order valence-electron chi connectivity index (χ1n) is 6.68. The number of H-pyrrole nitrogens is 1. The van der Waals surface area contributed by atoms with Crippen LogP contribution in [0.2, 0.25) is 0 Å². The summed E-state index contributed by atoms with van der Waals surface area (Å²) in [6.45, 7) is 6.34. The van der Waals surface area contributed by atoms with Gasteiger partial charge in [-0.2, -0.15) is 5.10 Å². The van der Waals surface area contributed by atoms with E-state index in [4.69, 9.17) is 5.11 Å². The maximum Gasteiger partial charge on any atom is 0.244 e. The van der Waals surface area contributed by atoms with Crippen LogP contribution in [0.25, 0.3) is 0 Å². The third-order valence-electron chi connectivity index (χ3n) is 3.48. The Labute approximate surface area is 120 Å². The molecule has 0 aliphatic heterocycles. The van der Waals surface area contributed by atoms with Crippen LogP contribution >= 0.6 is 0 Å². The summed E-state index contributed by atoms with van der Waals surface area (Å²) >= 11 is 0. The van der Waals surface area contributed by atoms with E-state index in [9.17, 15) is 8.42 Å². The van der Waals surface area contributed by atoms with Crippen LogP contribution in [0.3, 0.4) is 0 Å². The molecule has 0 saturated carbocycles. The molecule has 1 rings (SSSR count). The van der Waals surface area contributed by atoms with Gasteiger partial charge in [0.25, 0.3) is 0 Å². The van der Waals surface area contributed by atoms with Gasteiger partial charge >= 0.3 is 0 Å². The predicted octanol–water partition coefficient (Wildman–Crippen LogP) is 0.219. The second kappa shape index (κ2) is 7.16. The Bertz CT molecular complexity index is 527. The van der Waals surface area contributed by atoms with Crippen molar-refractivity contribution >= 4 is 10.0 Å². The number of aliphatic hydroxyl groups is 1. The molecule has 0 amide bonds. The third-order valence-corrected chi connectivity index (χ3v) is 5.14. The molecular formula is C12H24N4O3S. The Morgan fingerprint density at radius 2 is 2.15 bits per heavy atom. The fraction of sp³-hybridized carbons (Fsp3) is 0.750. The summed E-state index contributed by atoms with van der Waals surface area (Å²) in [4.78, 5) is 2.14. The van der Waals surface area contributed by atoms with E-state index in [2.05, 4.69) is 33.7 Å². The number of nitrogens with one attached hydrogen (secondary N) is 2. The number of sulfonamides is 1. The van der Waals surface area contributed by atoms with E-state index in [0.29, 0.717) is 24.8 Å². The smallest absolute Gasteiger partial charge is 0.244 e. The highest BCUT2D eigenvalue weighted by atomic mass is 32.2. The second-order valence-electron chi connectivity index (χ2n) is 4.92. The molecule has 1 aromatic heterocycles. The Balaban J connectivity index is 2.69. The summed E-state index contributed by atoms with van der Waals surface area (Å²) in [5.41, 5.74) is 0.571. The Morgan fingerprint density at radius 1 is 1.50 bits per heavy atom. The molecule has 116 valence electrons. The van der Waals surface area contributed by atoms with E-state index in [1.807, 2.05) is 7.05 Å². The van der Waals surface area contributed by atoms with Crippen molar-refractivity contribution in [2.45, 2.75) is 44.7 Å². The van der Waals surface area contributed by atoms with Gasteiger partial charge in [-0.3, -0.25) is 5.10 Å². The molecule has 8 heteroatoms. The summed E-state index contributed by atoms with van der Waals surface area (Å²) in [5.74, 6) is 0. The number of aliphatic hydroxyl groups excluding tert-OH is 1. The largest absolute Gasteiger partial charge is 0.390 e. The number of hydrogen-bond donors (Lipinski definition) is 3. The Morgan fingerprint density at radius 3 is 2.70 bits per heavy atom. The van der Waals surface area contributed by atoms with Crippen molar-refractivity contribution in [1.29, 1.82) is 0 Å². The lowest BCUT2D eigenvalue weighted by Gasteiger charge is -2.23. The van der Waals surface area contributed by atoms with E-state index in [-0.39, 0.29) is 10.6 Å². The minimum atomic E-state index is -3.65. The summed E-state index contributed by atoms with van der Waals surface area (Å²) in [7, 11) is -1.69. The highest BCUT2D eigenvalue weighted by molar-refractivity contribution is 7.89. The Kier molecular flexibility index (Phi) is 6.12. The lowest BCUT2D eigenvalue weighted by atomic mass is 10.2. The van der Waals surface area contributed by atoms with E-state index >= 15 is 0 Å². The molecule has 3 N–H and O–H groups in total. The molecule has 1 atom stereocenters. The lowest BCUT2D eigenvalue weighted by Crippen LogP contribution is -2.37. The molecule has 1 heterocycles. The standard InChI is InChI=1S/C12H24N4O3S/c1-5-9(2)16(4)7-6-13-20(18,19)12-10(3)14-15-11(12)8-17/h9,13,17H,5-8H2,1-4H3,(H,14,15). The predicted molar refractivity (Wildman–Crippen MR) is 76.8 cm³/mol. The highest BCUT2D eigenvalue weighted by Gasteiger charge is 2.23. The summed E-state index contributed by atoms with van der Waals surface area (Å²) in [6.07, 6.45) is 1.01. The molecule has 0 bridgehead atoms. The number of nitrogens with zero attached hydrogens (tertiary/aromatic N) is 2. The van der Waals surface area contributed by atoms with Crippen molar-refractivity contribution in [2.24, 2.45) is 0 Å². The van der Waals surface area contributed by atoms with Crippen LogP contribution in [0.4, 0.5) is 0 Å². The molecule has 0 saturated heterocycles. The molecule has 1 aromatic rings. The normalized spacial score (nSPS) is 13.9. The fourth-order valence-corrected chi connectivity index (χ4v) is 3.27. The van der Waals surface area contributed by atoms with Crippen molar-refractivity contribution in [3.05, 3.63) is 11.4 Å². The topological polar surface area (TPSA) is 98.3 Å². The van der Waals surface area contributed by atoms with Gasteiger partial charge in [-0.05, 0) is 27.3 Å². The van der Waals surface area contributed by atoms with Crippen molar-refractivity contribution in [2.75, 3.05) is 20.1 Å². The van der Waals surface area contributed by atoms with Gasteiger partial charge in [-0.25, -0.2) is 13.1 Å². The van der Waals surface area contributed by atoms with Crippen LogP contribution in [0, 0.1) is 6.92 Å². The van der Waals surface area contributed by atoms with Gasteiger partial charge in [0.2, 0.25) is 10.0 Å². The summed E-state index contributed by atoms with van der Waals surface area (Å²) in [5, 5.41) is 15.5. The maximum atomic E-state index is 12.2. The number of aromatic amines is 1. The molecule has 20 heavy (non-hydrogen) atoms. The first-order valence-corrected chi connectivity index (χ1v) is 8.16. The molecule has 0 aliphatic rings. The molecule has 0 fully saturated rings. The minimum Gasteiger partial charge on any atom is -0.390 e. The Hall–Kier alpha value is -0.960. The van der Waals surface area contributed by atoms with Crippen molar-refractivity contribution in [3.8, 4) is 0 Å². The lowest BCUT2D eigenvalue weighted by molar-refractivity contribution is 0.256. The first-order chi connectivity index (χ1) is 9.33. The van der Waals surface area contributed by atoms with E-state index < -0.39 is 16.6 Å². The van der Waals surface area contributed by atoms with Gasteiger partial charge in [-0.1, -0.05) is 6.92 Å². The van der Waals surface area contributed by atoms with Gasteiger partial charge in [0, 0.05) is 19.1 Å². The van der Waals surface area contributed by atoms with Gasteiger partial charge in [0.15, 0.2) is 0 Å². The highest BCUT2D eigenvalue weighted by Crippen LogP contribution is 2.17. The number of rotatable bonds is 8. The molecular weight excluding hydrogens is 280 g/mol.